The minimum Gasteiger partial charge on any atom is -0.368 e. The fourth-order valence-electron chi connectivity index (χ4n) is 3.39. The third-order valence-electron chi connectivity index (χ3n) is 4.93. The van der Waals surface area contributed by atoms with Crippen LogP contribution in [0.4, 0.5) is 5.69 Å². The zero-order chi connectivity index (χ0) is 17.6. The largest absolute Gasteiger partial charge is 0.368 e. The summed E-state index contributed by atoms with van der Waals surface area (Å²) in [5.41, 5.74) is 1.08. The molecule has 2 heterocycles. The topological polar surface area (TPSA) is 64.7 Å². The van der Waals surface area contributed by atoms with Crippen LogP contribution in [0.3, 0.4) is 0 Å². The van der Waals surface area contributed by atoms with Crippen LogP contribution in [0.25, 0.3) is 0 Å². The Hall–Kier alpha value is -1.79. The molecule has 0 spiro atoms. The van der Waals surface area contributed by atoms with Crippen molar-refractivity contribution in [2.45, 2.75) is 12.8 Å². The van der Waals surface area contributed by atoms with Gasteiger partial charge in [-0.25, -0.2) is 0 Å². The van der Waals surface area contributed by atoms with Gasteiger partial charge >= 0.3 is 0 Å². The lowest BCUT2D eigenvalue weighted by Crippen LogP contribution is -2.51. The highest BCUT2D eigenvalue weighted by Crippen LogP contribution is 2.20. The molecule has 2 aliphatic heterocycles. The van der Waals surface area contributed by atoms with Gasteiger partial charge in [0, 0.05) is 42.8 Å². The molecule has 6 nitrogen and oxygen atoms in total. The highest BCUT2D eigenvalue weighted by atomic mass is 35.5. The molecule has 25 heavy (non-hydrogen) atoms. The van der Waals surface area contributed by atoms with Crippen molar-refractivity contribution in [1.82, 2.24) is 15.5 Å². The SMILES string of the molecule is O=C(NCC(=O)N1CCN(c2cccc(Cl)c2)CC1)C1CCNCC1. The van der Waals surface area contributed by atoms with Crippen molar-refractivity contribution in [3.8, 4) is 0 Å². The lowest BCUT2D eigenvalue weighted by Gasteiger charge is -2.36. The summed E-state index contributed by atoms with van der Waals surface area (Å²) < 4.78 is 0. The standard InChI is InChI=1S/C18H25ClN4O2/c19-15-2-1-3-16(12-15)22-8-10-23(11-9-22)17(24)13-21-18(25)14-4-6-20-7-5-14/h1-3,12,14,20H,4-11,13H2,(H,21,25). The number of carbonyl (C=O) groups is 2. The number of piperidine rings is 1. The number of hydrogen-bond acceptors (Lipinski definition) is 4. The Morgan fingerprint density at radius 2 is 1.88 bits per heavy atom. The molecule has 2 N–H and O–H groups in total. The number of halogens is 1. The first-order valence-corrected chi connectivity index (χ1v) is 9.28. The summed E-state index contributed by atoms with van der Waals surface area (Å²) in [5, 5.41) is 6.77. The molecule has 2 saturated heterocycles. The Balaban J connectivity index is 1.43. The molecular weight excluding hydrogens is 340 g/mol. The summed E-state index contributed by atoms with van der Waals surface area (Å²) in [6, 6.07) is 7.77. The number of rotatable bonds is 4. The number of amides is 2. The third kappa shape index (κ3) is 4.86. The van der Waals surface area contributed by atoms with E-state index in [0.29, 0.717) is 13.1 Å². The van der Waals surface area contributed by atoms with Crippen LogP contribution >= 0.6 is 11.6 Å². The Bertz CT molecular complexity index is 611. The first-order valence-electron chi connectivity index (χ1n) is 8.90. The van der Waals surface area contributed by atoms with E-state index >= 15 is 0 Å². The fourth-order valence-corrected chi connectivity index (χ4v) is 3.57. The van der Waals surface area contributed by atoms with Gasteiger partial charge < -0.3 is 20.4 Å². The van der Waals surface area contributed by atoms with Gasteiger partial charge in [0.05, 0.1) is 6.54 Å². The minimum absolute atomic E-state index is 0.00646. The van der Waals surface area contributed by atoms with Crippen LogP contribution < -0.4 is 15.5 Å². The van der Waals surface area contributed by atoms with E-state index in [9.17, 15) is 9.59 Å². The molecule has 0 radical (unpaired) electrons. The summed E-state index contributed by atoms with van der Waals surface area (Å²) in [7, 11) is 0. The van der Waals surface area contributed by atoms with Crippen molar-refractivity contribution in [3.63, 3.8) is 0 Å². The van der Waals surface area contributed by atoms with Crippen molar-refractivity contribution >= 4 is 29.1 Å². The molecule has 0 bridgehead atoms. The molecule has 2 aliphatic rings. The van der Waals surface area contributed by atoms with Gasteiger partial charge in [0.2, 0.25) is 11.8 Å². The number of nitrogens with one attached hydrogen (secondary N) is 2. The summed E-state index contributed by atoms with van der Waals surface area (Å²) in [5.74, 6) is 0.0363. The highest BCUT2D eigenvalue weighted by Gasteiger charge is 2.24. The molecule has 7 heteroatoms. The zero-order valence-corrected chi connectivity index (χ0v) is 15.1. The second kappa shape index (κ2) is 8.54. The quantitative estimate of drug-likeness (QED) is 0.840. The van der Waals surface area contributed by atoms with Gasteiger partial charge in [0.1, 0.15) is 0 Å². The number of anilines is 1. The lowest BCUT2D eigenvalue weighted by molar-refractivity contribution is -0.134. The number of benzene rings is 1. The van der Waals surface area contributed by atoms with Gasteiger partial charge in [-0.3, -0.25) is 9.59 Å². The Kier molecular flexibility index (Phi) is 6.15. The first kappa shape index (κ1) is 18.0. The number of carbonyl (C=O) groups excluding carboxylic acids is 2. The Morgan fingerprint density at radius 3 is 2.56 bits per heavy atom. The summed E-state index contributed by atoms with van der Waals surface area (Å²) >= 11 is 6.04. The molecule has 2 amide bonds. The second-order valence-electron chi connectivity index (χ2n) is 6.59. The summed E-state index contributed by atoms with van der Waals surface area (Å²) in [6.07, 6.45) is 1.69. The molecule has 2 fully saturated rings. The van der Waals surface area contributed by atoms with E-state index in [-0.39, 0.29) is 24.3 Å². The normalized spacial score (nSPS) is 18.9. The lowest BCUT2D eigenvalue weighted by atomic mass is 9.97. The third-order valence-corrected chi connectivity index (χ3v) is 5.16. The molecule has 0 unspecified atom stereocenters. The van der Waals surface area contributed by atoms with Crippen LogP contribution in [-0.2, 0) is 9.59 Å². The summed E-state index contributed by atoms with van der Waals surface area (Å²) in [6.45, 7) is 4.71. The molecule has 136 valence electrons. The van der Waals surface area contributed by atoms with Crippen molar-refractivity contribution in [2.24, 2.45) is 5.92 Å². The second-order valence-corrected chi connectivity index (χ2v) is 7.03. The molecule has 0 atom stereocenters. The molecule has 3 rings (SSSR count). The van der Waals surface area contributed by atoms with Crippen molar-refractivity contribution in [3.05, 3.63) is 29.3 Å². The van der Waals surface area contributed by atoms with Gasteiger partial charge in [-0.15, -0.1) is 0 Å². The van der Waals surface area contributed by atoms with E-state index in [1.807, 2.05) is 29.2 Å². The molecule has 1 aromatic carbocycles. The van der Waals surface area contributed by atoms with Crippen LogP contribution in [0.1, 0.15) is 12.8 Å². The molecule has 0 aliphatic carbocycles. The maximum absolute atomic E-state index is 12.3. The van der Waals surface area contributed by atoms with Crippen molar-refractivity contribution in [2.75, 3.05) is 50.7 Å². The molecule has 0 aromatic heterocycles. The average Bonchev–Trinajstić information content (AvgIpc) is 2.66. The van der Waals surface area contributed by atoms with Gasteiger partial charge in [-0.2, -0.15) is 0 Å². The predicted molar refractivity (Wildman–Crippen MR) is 98.8 cm³/mol. The van der Waals surface area contributed by atoms with Crippen molar-refractivity contribution in [1.29, 1.82) is 0 Å². The molecular formula is C18H25ClN4O2. The maximum Gasteiger partial charge on any atom is 0.242 e. The van der Waals surface area contributed by atoms with Crippen LogP contribution in [0.5, 0.6) is 0 Å². The minimum atomic E-state index is -0.00646. The van der Waals surface area contributed by atoms with Gasteiger partial charge in [0.25, 0.3) is 0 Å². The average molecular weight is 365 g/mol. The van der Waals surface area contributed by atoms with E-state index in [1.54, 1.807) is 0 Å². The van der Waals surface area contributed by atoms with E-state index in [1.165, 1.54) is 0 Å². The summed E-state index contributed by atoms with van der Waals surface area (Å²) in [4.78, 5) is 28.5. The fraction of sp³-hybridized carbons (Fsp3) is 0.556. The number of hydrogen-bond donors (Lipinski definition) is 2. The van der Waals surface area contributed by atoms with Gasteiger partial charge in [-0.1, -0.05) is 17.7 Å². The first-order chi connectivity index (χ1) is 12.1. The van der Waals surface area contributed by atoms with Crippen LogP contribution in [0.15, 0.2) is 24.3 Å². The van der Waals surface area contributed by atoms with Gasteiger partial charge in [0.15, 0.2) is 0 Å². The monoisotopic (exact) mass is 364 g/mol. The number of nitrogens with zero attached hydrogens (tertiary/aromatic N) is 2. The van der Waals surface area contributed by atoms with Crippen molar-refractivity contribution < 1.29 is 9.59 Å². The maximum atomic E-state index is 12.3. The Morgan fingerprint density at radius 1 is 1.16 bits per heavy atom. The van der Waals surface area contributed by atoms with Crippen LogP contribution in [0, 0.1) is 5.92 Å². The Labute approximate surface area is 153 Å². The highest BCUT2D eigenvalue weighted by molar-refractivity contribution is 6.30. The van der Waals surface area contributed by atoms with E-state index < -0.39 is 0 Å². The number of piperazine rings is 1. The predicted octanol–water partition coefficient (Wildman–Crippen LogP) is 1.10. The van der Waals surface area contributed by atoms with Gasteiger partial charge in [-0.05, 0) is 44.1 Å². The molecule has 1 aromatic rings. The smallest absolute Gasteiger partial charge is 0.242 e. The molecule has 0 saturated carbocycles. The van der Waals surface area contributed by atoms with Crippen LogP contribution in [-0.4, -0.2) is 62.5 Å². The van der Waals surface area contributed by atoms with Crippen LogP contribution in [0.2, 0.25) is 5.02 Å². The van der Waals surface area contributed by atoms with E-state index in [2.05, 4.69) is 15.5 Å². The zero-order valence-electron chi connectivity index (χ0n) is 14.3. The van der Waals surface area contributed by atoms with E-state index in [0.717, 1.165) is 49.7 Å². The van der Waals surface area contributed by atoms with E-state index in [4.69, 9.17) is 11.6 Å².